The summed E-state index contributed by atoms with van der Waals surface area (Å²) in [6.07, 6.45) is 1.77. The molecule has 0 unspecified atom stereocenters. The maximum atomic E-state index is 12.2. The van der Waals surface area contributed by atoms with Crippen LogP contribution >= 0.6 is 0 Å². The van der Waals surface area contributed by atoms with Gasteiger partial charge in [-0.05, 0) is 17.5 Å². The molecule has 4 nitrogen and oxygen atoms in total. The van der Waals surface area contributed by atoms with Crippen molar-refractivity contribution in [3.8, 4) is 0 Å². The first-order valence-electron chi connectivity index (χ1n) is 7.65. The second kappa shape index (κ2) is 7.50. The van der Waals surface area contributed by atoms with Crippen molar-refractivity contribution in [2.24, 2.45) is 0 Å². The number of amides is 1. The first-order valence-corrected chi connectivity index (χ1v) is 8.23. The summed E-state index contributed by atoms with van der Waals surface area (Å²) < 4.78 is 0. The van der Waals surface area contributed by atoms with Crippen LogP contribution in [0, 0.1) is 0 Å². The Morgan fingerprint density at radius 3 is 2.40 bits per heavy atom. The Morgan fingerprint density at radius 2 is 1.64 bits per heavy atom. The molecule has 2 aromatic carbocycles. The van der Waals surface area contributed by atoms with E-state index in [1.54, 1.807) is 12.3 Å². The maximum absolute atomic E-state index is 12.2. The molecule has 126 valence electrons. The van der Waals surface area contributed by atoms with Crippen LogP contribution in [0.1, 0.15) is 10.5 Å². The number of carbonyl (C=O) groups is 1. The number of fused-ring (bicyclic) bond motifs is 5. The van der Waals surface area contributed by atoms with Gasteiger partial charge in [0.05, 0.1) is 16.7 Å². The van der Waals surface area contributed by atoms with Gasteiger partial charge >= 0.3 is 21.1 Å². The minimum Gasteiger partial charge on any atom is -0.794 e. The molecule has 0 N–H and O–H groups in total. The second-order valence-electron chi connectivity index (χ2n) is 5.46. The molecule has 2 heterocycles. The van der Waals surface area contributed by atoms with Crippen LogP contribution in [0.15, 0.2) is 54.7 Å². The largest absolute Gasteiger partial charge is 2.00 e. The Kier molecular flexibility index (Phi) is 5.35. The molecular weight excluding hydrogens is 513 g/mol. The van der Waals surface area contributed by atoms with Gasteiger partial charge in [0.15, 0.2) is 0 Å². The predicted molar refractivity (Wildman–Crippen MR) is 99.3 cm³/mol. The Morgan fingerprint density at radius 1 is 0.960 bits per heavy atom. The molecule has 4 rings (SSSR count). The molecule has 4 aromatic rings. The molecule has 0 radical (unpaired) electrons. The summed E-state index contributed by atoms with van der Waals surface area (Å²) in [5, 5.41) is 7.97. The molecule has 0 aliphatic rings. The molecular formula is C19H13N3OPtS. The van der Waals surface area contributed by atoms with Gasteiger partial charge in [-0.1, -0.05) is 36.4 Å². The van der Waals surface area contributed by atoms with E-state index in [0.717, 1.165) is 32.6 Å². The van der Waals surface area contributed by atoms with E-state index in [2.05, 4.69) is 27.4 Å². The molecule has 6 heteroatoms. The van der Waals surface area contributed by atoms with Gasteiger partial charge in [-0.3, -0.25) is 4.98 Å². The van der Waals surface area contributed by atoms with Crippen molar-refractivity contribution in [3.05, 3.63) is 65.7 Å². The van der Waals surface area contributed by atoms with Crippen LogP contribution in [0.25, 0.3) is 37.9 Å². The topological polar surface area (TPSA) is 57.0 Å². The molecule has 0 atom stereocenters. The third kappa shape index (κ3) is 3.26. The van der Waals surface area contributed by atoms with Crippen LogP contribution in [-0.4, -0.2) is 28.2 Å². The number of benzene rings is 2. The van der Waals surface area contributed by atoms with E-state index in [1.165, 1.54) is 0 Å². The van der Waals surface area contributed by atoms with Crippen molar-refractivity contribution in [1.29, 1.82) is 0 Å². The number of carbonyl (C=O) groups excluding carboxylic acids is 1. The summed E-state index contributed by atoms with van der Waals surface area (Å²) >= 11 is 4.84. The van der Waals surface area contributed by atoms with E-state index in [-0.39, 0.29) is 27.0 Å². The van der Waals surface area contributed by atoms with Crippen LogP contribution in [0.3, 0.4) is 0 Å². The molecule has 0 bridgehead atoms. The van der Waals surface area contributed by atoms with Crippen molar-refractivity contribution in [2.45, 2.75) is 0 Å². The fourth-order valence-electron chi connectivity index (χ4n) is 2.88. The molecule has 0 spiro atoms. The van der Waals surface area contributed by atoms with E-state index >= 15 is 0 Å². The van der Waals surface area contributed by atoms with Crippen molar-refractivity contribution in [3.63, 3.8) is 0 Å². The zero-order valence-corrected chi connectivity index (χ0v) is 16.2. The zero-order valence-electron chi connectivity index (χ0n) is 13.1. The Labute approximate surface area is 164 Å². The number of hydrogen-bond acceptors (Lipinski definition) is 4. The maximum Gasteiger partial charge on any atom is 2.00 e. The Bertz CT molecular complexity index is 1080. The third-order valence-corrected chi connectivity index (χ3v) is 4.16. The molecule has 0 saturated heterocycles. The third-order valence-electron chi connectivity index (χ3n) is 3.98. The van der Waals surface area contributed by atoms with Gasteiger partial charge in [-0.2, -0.15) is 12.3 Å². The van der Waals surface area contributed by atoms with E-state index in [1.807, 2.05) is 30.3 Å². The fraction of sp³-hybridized carbons (Fsp3) is 0.105. The molecule has 2 aromatic heterocycles. The van der Waals surface area contributed by atoms with Crippen LogP contribution < -0.4 is 0 Å². The van der Waals surface area contributed by atoms with E-state index in [9.17, 15) is 4.79 Å². The summed E-state index contributed by atoms with van der Waals surface area (Å²) in [6.45, 7) is 0.341. The van der Waals surface area contributed by atoms with Gasteiger partial charge in [0.25, 0.3) is 0 Å². The number of pyridine rings is 2. The second-order valence-corrected chi connectivity index (χ2v) is 5.87. The van der Waals surface area contributed by atoms with Gasteiger partial charge in [-0.25, -0.2) is 4.98 Å². The number of aromatic nitrogens is 2. The van der Waals surface area contributed by atoms with Crippen molar-refractivity contribution >= 4 is 51.1 Å². The molecule has 0 aliphatic heterocycles. The van der Waals surface area contributed by atoms with E-state index in [0.29, 0.717) is 18.0 Å². The Balaban J connectivity index is 0.00000182. The normalized spacial score (nSPS) is 10.8. The minimum atomic E-state index is -0.327. The zero-order chi connectivity index (χ0) is 16.5. The van der Waals surface area contributed by atoms with Gasteiger partial charge in [-0.15, -0.1) is 0 Å². The van der Waals surface area contributed by atoms with Gasteiger partial charge in [0.2, 0.25) is 0 Å². The van der Waals surface area contributed by atoms with Crippen LogP contribution in [0.5, 0.6) is 0 Å². The average molecular weight is 526 g/mol. The van der Waals surface area contributed by atoms with Crippen molar-refractivity contribution in [1.82, 2.24) is 9.97 Å². The number of nitrogens with zero attached hydrogens (tertiary/aromatic N) is 3. The van der Waals surface area contributed by atoms with Crippen molar-refractivity contribution in [2.75, 3.05) is 12.3 Å². The van der Waals surface area contributed by atoms with Crippen molar-refractivity contribution < 1.29 is 25.9 Å². The summed E-state index contributed by atoms with van der Waals surface area (Å²) in [6, 6.07) is 15.7. The fourth-order valence-corrected chi connectivity index (χ4v) is 2.97. The standard InChI is InChI=1S/C19H15N3OS.Pt/c23-19(21-10-11-24)15-8-7-14-6-4-12-3-5-13-2-1-9-20-17(13)16(12)18(14)22-15;/h1-9H,10-11H2,(H2,21,23,24);/q;+2/p-2. The quantitative estimate of drug-likeness (QED) is 0.299. The number of hydrogen-bond donors (Lipinski definition) is 0. The number of rotatable bonds is 3. The first-order chi connectivity index (χ1) is 11.8. The monoisotopic (exact) mass is 526 g/mol. The molecule has 0 aliphatic carbocycles. The molecule has 1 amide bonds. The summed E-state index contributed by atoms with van der Waals surface area (Å²) in [7, 11) is 0. The first kappa shape index (κ1) is 17.8. The molecule has 0 saturated carbocycles. The van der Waals surface area contributed by atoms with E-state index < -0.39 is 0 Å². The summed E-state index contributed by atoms with van der Waals surface area (Å²) in [5.41, 5.74) is 2.00. The van der Waals surface area contributed by atoms with Gasteiger partial charge in [0, 0.05) is 22.4 Å². The molecule has 25 heavy (non-hydrogen) atoms. The van der Waals surface area contributed by atoms with Gasteiger partial charge in [0.1, 0.15) is 5.91 Å². The Hall–Kier alpha value is -1.97. The SMILES string of the molecule is O=C([N-]CC[S-])c1ccc2ccc3ccc4cccnc4c3c2n1.[Pt+2]. The molecule has 0 fully saturated rings. The van der Waals surface area contributed by atoms with Crippen LogP contribution in [-0.2, 0) is 33.7 Å². The van der Waals surface area contributed by atoms with E-state index in [4.69, 9.17) is 12.6 Å². The minimum absolute atomic E-state index is 0. The summed E-state index contributed by atoms with van der Waals surface area (Å²) in [5.74, 6) is 0.100. The van der Waals surface area contributed by atoms with Crippen LogP contribution in [0.4, 0.5) is 0 Å². The van der Waals surface area contributed by atoms with Gasteiger partial charge < -0.3 is 22.7 Å². The average Bonchev–Trinajstić information content (AvgIpc) is 2.65. The smallest absolute Gasteiger partial charge is 0.794 e. The predicted octanol–water partition coefficient (Wildman–Crippen LogP) is 3.99. The van der Waals surface area contributed by atoms with Crippen LogP contribution in [0.2, 0.25) is 0 Å². The summed E-state index contributed by atoms with van der Waals surface area (Å²) in [4.78, 5) is 21.3.